The topological polar surface area (TPSA) is 49.7 Å². The number of aliphatic imine (C=N–C) groups is 1. The van der Waals surface area contributed by atoms with Crippen molar-refractivity contribution in [3.8, 4) is 0 Å². The van der Waals surface area contributed by atoms with E-state index in [0.29, 0.717) is 5.56 Å². The molecule has 0 aliphatic rings. The van der Waals surface area contributed by atoms with Gasteiger partial charge in [0.05, 0.1) is 11.3 Å². The number of carboxylic acids is 1. The molecule has 0 unspecified atom stereocenters. The Morgan fingerprint density at radius 1 is 1.00 bits per heavy atom. The fourth-order valence-corrected chi connectivity index (χ4v) is 1.46. The molecule has 3 nitrogen and oxygen atoms in total. The highest BCUT2D eigenvalue weighted by Gasteiger charge is 2.06. The first-order valence-electron chi connectivity index (χ1n) is 5.19. The van der Waals surface area contributed by atoms with Crippen molar-refractivity contribution in [3.05, 3.63) is 65.7 Å². The van der Waals surface area contributed by atoms with Gasteiger partial charge in [0, 0.05) is 11.8 Å². The molecule has 0 aliphatic heterocycles. The Bertz CT molecular complexity index is 547. The third-order valence-corrected chi connectivity index (χ3v) is 2.30. The van der Waals surface area contributed by atoms with Crippen LogP contribution in [0.25, 0.3) is 0 Å². The zero-order chi connectivity index (χ0) is 12.1. The van der Waals surface area contributed by atoms with Crippen LogP contribution in [-0.4, -0.2) is 17.3 Å². The molecule has 2 aromatic carbocycles. The maximum atomic E-state index is 11.0. The molecule has 0 saturated carbocycles. The number of aromatic carboxylic acids is 1. The molecular weight excluding hydrogens is 214 g/mol. The molecule has 2 aromatic rings. The van der Waals surface area contributed by atoms with Gasteiger partial charge in [0.2, 0.25) is 0 Å². The van der Waals surface area contributed by atoms with Crippen LogP contribution in [0.3, 0.4) is 0 Å². The molecule has 0 aliphatic carbocycles. The van der Waals surface area contributed by atoms with Crippen LogP contribution in [0.4, 0.5) is 5.69 Å². The van der Waals surface area contributed by atoms with Gasteiger partial charge in [0.15, 0.2) is 0 Å². The summed E-state index contributed by atoms with van der Waals surface area (Å²) in [5.74, 6) is -0.944. The summed E-state index contributed by atoms with van der Waals surface area (Å²) in [7, 11) is 0. The summed E-state index contributed by atoms with van der Waals surface area (Å²) in [4.78, 5) is 15.2. The van der Waals surface area contributed by atoms with E-state index in [9.17, 15) is 4.79 Å². The van der Waals surface area contributed by atoms with Crippen molar-refractivity contribution in [1.82, 2.24) is 0 Å². The van der Waals surface area contributed by atoms with E-state index in [2.05, 4.69) is 4.99 Å². The Kier molecular flexibility index (Phi) is 3.31. The zero-order valence-corrected chi connectivity index (χ0v) is 9.08. The molecule has 0 spiro atoms. The van der Waals surface area contributed by atoms with Gasteiger partial charge in [-0.05, 0) is 18.2 Å². The molecule has 0 radical (unpaired) electrons. The lowest BCUT2D eigenvalue weighted by Gasteiger charge is -1.99. The summed E-state index contributed by atoms with van der Waals surface area (Å²) in [6.45, 7) is 0. The van der Waals surface area contributed by atoms with Gasteiger partial charge in [-0.3, -0.25) is 4.99 Å². The number of para-hydroxylation sites is 1. The number of hydrogen-bond acceptors (Lipinski definition) is 2. The average molecular weight is 225 g/mol. The molecule has 0 bridgehead atoms. The minimum Gasteiger partial charge on any atom is -0.478 e. The van der Waals surface area contributed by atoms with Crippen molar-refractivity contribution in [2.24, 2.45) is 4.99 Å². The number of benzene rings is 2. The summed E-state index contributed by atoms with van der Waals surface area (Å²) >= 11 is 0. The second-order valence-electron chi connectivity index (χ2n) is 3.49. The Labute approximate surface area is 99.1 Å². The van der Waals surface area contributed by atoms with Crippen molar-refractivity contribution >= 4 is 17.9 Å². The summed E-state index contributed by atoms with van der Waals surface area (Å²) in [6, 6.07) is 16.2. The highest BCUT2D eigenvalue weighted by molar-refractivity contribution is 5.98. The van der Waals surface area contributed by atoms with Crippen molar-refractivity contribution in [1.29, 1.82) is 0 Å². The van der Waals surface area contributed by atoms with Gasteiger partial charge in [-0.1, -0.05) is 36.4 Å². The predicted molar refractivity (Wildman–Crippen MR) is 67.1 cm³/mol. The van der Waals surface area contributed by atoms with Crippen LogP contribution in [-0.2, 0) is 0 Å². The Morgan fingerprint density at radius 2 is 1.65 bits per heavy atom. The largest absolute Gasteiger partial charge is 0.478 e. The number of rotatable bonds is 3. The van der Waals surface area contributed by atoms with E-state index in [4.69, 9.17) is 5.11 Å². The Hall–Kier alpha value is -2.42. The summed E-state index contributed by atoms with van der Waals surface area (Å²) in [6.07, 6.45) is 1.57. The smallest absolute Gasteiger partial charge is 0.336 e. The van der Waals surface area contributed by atoms with E-state index in [1.165, 1.54) is 0 Å². The minimum absolute atomic E-state index is 0.257. The highest BCUT2D eigenvalue weighted by atomic mass is 16.4. The number of carboxylic acid groups (broad SMARTS) is 1. The normalized spacial score (nSPS) is 10.6. The van der Waals surface area contributed by atoms with Crippen LogP contribution in [0.1, 0.15) is 15.9 Å². The van der Waals surface area contributed by atoms with Crippen LogP contribution >= 0.6 is 0 Å². The first-order valence-corrected chi connectivity index (χ1v) is 5.19. The van der Waals surface area contributed by atoms with Gasteiger partial charge in [0.1, 0.15) is 0 Å². The van der Waals surface area contributed by atoms with Gasteiger partial charge in [-0.15, -0.1) is 0 Å². The maximum absolute atomic E-state index is 11.0. The van der Waals surface area contributed by atoms with Crippen LogP contribution < -0.4 is 0 Å². The second kappa shape index (κ2) is 5.07. The monoisotopic (exact) mass is 225 g/mol. The van der Waals surface area contributed by atoms with Crippen molar-refractivity contribution < 1.29 is 9.90 Å². The number of carbonyl (C=O) groups is 1. The van der Waals surface area contributed by atoms with E-state index < -0.39 is 5.97 Å². The van der Waals surface area contributed by atoms with Crippen LogP contribution in [0.15, 0.2) is 59.6 Å². The summed E-state index contributed by atoms with van der Waals surface area (Å²) < 4.78 is 0. The first-order chi connectivity index (χ1) is 8.27. The first kappa shape index (κ1) is 11.1. The fraction of sp³-hybridized carbons (Fsp3) is 0. The molecule has 0 atom stereocenters. The summed E-state index contributed by atoms with van der Waals surface area (Å²) in [5, 5.41) is 9.00. The standard InChI is InChI=1S/C14H11NO2/c16-14(17)13-9-5-4-6-11(13)10-15-12-7-2-1-3-8-12/h1-10H,(H,16,17). The molecule has 3 heteroatoms. The quantitative estimate of drug-likeness (QED) is 0.816. The van der Waals surface area contributed by atoms with Gasteiger partial charge >= 0.3 is 5.97 Å². The average Bonchev–Trinajstić information content (AvgIpc) is 2.38. The lowest BCUT2D eigenvalue weighted by Crippen LogP contribution is -2.00. The van der Waals surface area contributed by atoms with E-state index in [0.717, 1.165) is 5.69 Å². The van der Waals surface area contributed by atoms with E-state index in [-0.39, 0.29) is 5.56 Å². The van der Waals surface area contributed by atoms with E-state index in [1.807, 2.05) is 30.3 Å². The molecule has 2 rings (SSSR count). The molecule has 84 valence electrons. The predicted octanol–water partition coefficient (Wildman–Crippen LogP) is 3.14. The highest BCUT2D eigenvalue weighted by Crippen LogP contribution is 2.11. The zero-order valence-electron chi connectivity index (χ0n) is 9.08. The van der Waals surface area contributed by atoms with E-state index in [1.54, 1.807) is 30.5 Å². The molecular formula is C14H11NO2. The maximum Gasteiger partial charge on any atom is 0.336 e. The third-order valence-electron chi connectivity index (χ3n) is 2.30. The van der Waals surface area contributed by atoms with Crippen molar-refractivity contribution in [2.45, 2.75) is 0 Å². The fourth-order valence-electron chi connectivity index (χ4n) is 1.46. The molecule has 0 heterocycles. The number of hydrogen-bond donors (Lipinski definition) is 1. The van der Waals surface area contributed by atoms with Crippen molar-refractivity contribution in [2.75, 3.05) is 0 Å². The van der Waals surface area contributed by atoms with Gasteiger partial charge in [-0.2, -0.15) is 0 Å². The van der Waals surface area contributed by atoms with Gasteiger partial charge < -0.3 is 5.11 Å². The lowest BCUT2D eigenvalue weighted by molar-refractivity contribution is 0.0697. The van der Waals surface area contributed by atoms with Crippen LogP contribution in [0.5, 0.6) is 0 Å². The Balaban J connectivity index is 2.30. The molecule has 1 N–H and O–H groups in total. The van der Waals surface area contributed by atoms with E-state index >= 15 is 0 Å². The lowest BCUT2D eigenvalue weighted by atomic mass is 10.1. The molecule has 17 heavy (non-hydrogen) atoms. The summed E-state index contributed by atoms with van der Waals surface area (Å²) in [5.41, 5.74) is 1.66. The molecule has 0 saturated heterocycles. The Morgan fingerprint density at radius 3 is 2.35 bits per heavy atom. The minimum atomic E-state index is -0.944. The SMILES string of the molecule is O=C(O)c1ccccc1C=Nc1ccccc1. The van der Waals surface area contributed by atoms with Crippen molar-refractivity contribution in [3.63, 3.8) is 0 Å². The molecule has 0 aromatic heterocycles. The van der Waals surface area contributed by atoms with Crippen LogP contribution in [0.2, 0.25) is 0 Å². The number of nitrogens with zero attached hydrogens (tertiary/aromatic N) is 1. The van der Waals surface area contributed by atoms with Gasteiger partial charge in [0.25, 0.3) is 0 Å². The molecule has 0 amide bonds. The van der Waals surface area contributed by atoms with Crippen LogP contribution in [0, 0.1) is 0 Å². The molecule has 0 fully saturated rings. The second-order valence-corrected chi connectivity index (χ2v) is 3.49. The van der Waals surface area contributed by atoms with Gasteiger partial charge in [-0.25, -0.2) is 4.79 Å². The third kappa shape index (κ3) is 2.78.